The molecule has 24 heavy (non-hydrogen) atoms. The van der Waals surface area contributed by atoms with Crippen molar-refractivity contribution < 1.29 is 9.59 Å². The van der Waals surface area contributed by atoms with E-state index >= 15 is 0 Å². The zero-order valence-corrected chi connectivity index (χ0v) is 15.5. The number of thioether (sulfide) groups is 1. The summed E-state index contributed by atoms with van der Waals surface area (Å²) in [4.78, 5) is 26.7. The largest absolute Gasteiger partial charge is 0.369 e. The number of piperidine rings is 1. The van der Waals surface area contributed by atoms with Crippen molar-refractivity contribution in [3.63, 3.8) is 0 Å². The molecule has 1 saturated heterocycles. The van der Waals surface area contributed by atoms with Crippen molar-refractivity contribution in [1.29, 1.82) is 0 Å². The van der Waals surface area contributed by atoms with E-state index in [0.717, 1.165) is 30.5 Å². The van der Waals surface area contributed by atoms with Crippen LogP contribution in [0, 0.1) is 12.8 Å². The molecule has 1 heterocycles. The number of hydrogen-bond acceptors (Lipinski definition) is 3. The molecule has 0 saturated carbocycles. The Bertz CT molecular complexity index is 606. The Balaban J connectivity index is 1.99. The second-order valence-corrected chi connectivity index (χ2v) is 7.94. The molecule has 1 aliphatic heterocycles. The number of aryl methyl sites for hydroxylation is 1. The minimum Gasteiger partial charge on any atom is -0.369 e. The number of likely N-dealkylation sites (tertiary alicyclic amines) is 1. The lowest BCUT2D eigenvalue weighted by Gasteiger charge is -2.31. The zero-order valence-electron chi connectivity index (χ0n) is 14.7. The van der Waals surface area contributed by atoms with Gasteiger partial charge in [0.05, 0.1) is 5.92 Å². The molecule has 1 aromatic rings. The Labute approximate surface area is 148 Å². The Hall–Kier alpha value is -1.69. The molecular formula is C18H27N3O2S. The fraction of sp³-hybridized carbons (Fsp3) is 0.556. The van der Waals surface area contributed by atoms with Crippen molar-refractivity contribution in [3.8, 4) is 0 Å². The van der Waals surface area contributed by atoms with Crippen molar-refractivity contribution in [2.45, 2.75) is 50.2 Å². The molecule has 0 radical (unpaired) electrons. The highest BCUT2D eigenvalue weighted by atomic mass is 32.2. The molecule has 0 unspecified atom stereocenters. The first-order valence-corrected chi connectivity index (χ1v) is 9.41. The van der Waals surface area contributed by atoms with E-state index in [1.54, 1.807) is 4.90 Å². The zero-order chi connectivity index (χ0) is 17.7. The average molecular weight is 350 g/mol. The van der Waals surface area contributed by atoms with Crippen LogP contribution >= 0.6 is 11.8 Å². The molecular weight excluding hydrogens is 322 g/mol. The lowest BCUT2D eigenvalue weighted by molar-refractivity contribution is -0.123. The first kappa shape index (κ1) is 18.6. The number of carbonyl (C=O) groups excluding carboxylic acids is 2. The Kier molecular flexibility index (Phi) is 6.54. The quantitative estimate of drug-likeness (QED) is 0.797. The van der Waals surface area contributed by atoms with Gasteiger partial charge in [-0.25, -0.2) is 4.79 Å². The summed E-state index contributed by atoms with van der Waals surface area (Å²) in [5.74, 6) is -0.560. The van der Waals surface area contributed by atoms with Crippen molar-refractivity contribution in [3.05, 3.63) is 23.8 Å². The van der Waals surface area contributed by atoms with Crippen molar-refractivity contribution in [2.24, 2.45) is 11.7 Å². The summed E-state index contributed by atoms with van der Waals surface area (Å²) < 4.78 is 0. The van der Waals surface area contributed by atoms with Gasteiger partial charge in [0, 0.05) is 28.9 Å². The van der Waals surface area contributed by atoms with Gasteiger partial charge in [-0.05, 0) is 49.9 Å². The number of nitrogens with two attached hydrogens (primary N) is 1. The molecule has 0 bridgehead atoms. The van der Waals surface area contributed by atoms with Gasteiger partial charge in [-0.15, -0.1) is 11.8 Å². The summed E-state index contributed by atoms with van der Waals surface area (Å²) in [6, 6.07) is 5.94. The molecule has 3 N–H and O–H groups in total. The van der Waals surface area contributed by atoms with E-state index in [1.807, 2.05) is 30.8 Å². The number of nitrogens with zero attached hydrogens (tertiary/aromatic N) is 1. The lowest BCUT2D eigenvalue weighted by Crippen LogP contribution is -2.45. The van der Waals surface area contributed by atoms with Gasteiger partial charge < -0.3 is 16.0 Å². The van der Waals surface area contributed by atoms with Gasteiger partial charge >= 0.3 is 6.03 Å². The topological polar surface area (TPSA) is 75.4 Å². The number of primary amides is 1. The molecule has 132 valence electrons. The van der Waals surface area contributed by atoms with Crippen LogP contribution in [-0.2, 0) is 4.79 Å². The standard InChI is InChI=1S/C18H27N3O2S/c1-4-13(3)24-15-7-8-16(12(2)10-15)20-18(23)21-9-5-6-14(11-21)17(19)22/h7-8,10,13-14H,4-6,9,11H2,1-3H3,(H2,19,22)(H,20,23)/t13-,14-/m1/s1. The summed E-state index contributed by atoms with van der Waals surface area (Å²) >= 11 is 1.84. The maximum atomic E-state index is 12.5. The Morgan fingerprint density at radius 1 is 1.46 bits per heavy atom. The Morgan fingerprint density at radius 3 is 2.83 bits per heavy atom. The number of anilines is 1. The minimum absolute atomic E-state index is 0.161. The third-order valence-corrected chi connectivity index (χ3v) is 5.72. The highest BCUT2D eigenvalue weighted by Gasteiger charge is 2.27. The highest BCUT2D eigenvalue weighted by Crippen LogP contribution is 2.28. The van der Waals surface area contributed by atoms with Crippen LogP contribution in [0.25, 0.3) is 0 Å². The third-order valence-electron chi connectivity index (χ3n) is 4.46. The molecule has 2 atom stereocenters. The summed E-state index contributed by atoms with van der Waals surface area (Å²) in [5, 5.41) is 3.53. The van der Waals surface area contributed by atoms with Gasteiger partial charge in [-0.3, -0.25) is 4.79 Å². The minimum atomic E-state index is -0.324. The van der Waals surface area contributed by atoms with E-state index in [2.05, 4.69) is 25.2 Å². The normalized spacial score (nSPS) is 19.0. The fourth-order valence-corrected chi connectivity index (χ4v) is 3.78. The fourth-order valence-electron chi connectivity index (χ4n) is 2.75. The SMILES string of the molecule is CC[C@@H](C)Sc1ccc(NC(=O)N2CCC[C@@H](C(N)=O)C2)c(C)c1. The van der Waals surface area contributed by atoms with Crippen LogP contribution in [-0.4, -0.2) is 35.2 Å². The number of urea groups is 1. The lowest BCUT2D eigenvalue weighted by atomic mass is 9.98. The molecule has 6 heteroatoms. The van der Waals surface area contributed by atoms with Crippen LogP contribution in [0.15, 0.2) is 23.1 Å². The van der Waals surface area contributed by atoms with Crippen LogP contribution in [0.2, 0.25) is 0 Å². The summed E-state index contributed by atoms with van der Waals surface area (Å²) in [7, 11) is 0. The molecule has 0 aliphatic carbocycles. The van der Waals surface area contributed by atoms with Crippen LogP contribution < -0.4 is 11.1 Å². The molecule has 5 nitrogen and oxygen atoms in total. The average Bonchev–Trinajstić information content (AvgIpc) is 2.57. The predicted molar refractivity (Wildman–Crippen MR) is 99.3 cm³/mol. The first-order chi connectivity index (χ1) is 11.4. The second kappa shape index (κ2) is 8.42. The number of amides is 3. The first-order valence-electron chi connectivity index (χ1n) is 8.53. The summed E-state index contributed by atoms with van der Waals surface area (Å²) in [6.07, 6.45) is 2.70. The molecule has 0 aromatic heterocycles. The maximum absolute atomic E-state index is 12.5. The molecule has 1 fully saturated rings. The molecule has 1 aliphatic rings. The number of nitrogens with one attached hydrogen (secondary N) is 1. The highest BCUT2D eigenvalue weighted by molar-refractivity contribution is 7.99. The number of benzene rings is 1. The number of carbonyl (C=O) groups is 2. The Morgan fingerprint density at radius 2 is 2.21 bits per heavy atom. The molecule has 3 amide bonds. The monoisotopic (exact) mass is 349 g/mol. The number of hydrogen-bond donors (Lipinski definition) is 2. The van der Waals surface area contributed by atoms with Gasteiger partial charge in [0.1, 0.15) is 0 Å². The number of rotatable bonds is 5. The van der Waals surface area contributed by atoms with Crippen LogP contribution in [0.3, 0.4) is 0 Å². The van der Waals surface area contributed by atoms with E-state index < -0.39 is 0 Å². The second-order valence-electron chi connectivity index (χ2n) is 6.43. The van der Waals surface area contributed by atoms with E-state index in [1.165, 1.54) is 4.90 Å². The maximum Gasteiger partial charge on any atom is 0.321 e. The smallest absolute Gasteiger partial charge is 0.321 e. The summed E-state index contributed by atoms with van der Waals surface area (Å²) in [6.45, 7) is 7.45. The van der Waals surface area contributed by atoms with Crippen molar-refractivity contribution in [1.82, 2.24) is 4.90 Å². The molecule has 1 aromatic carbocycles. The van der Waals surface area contributed by atoms with Gasteiger partial charge in [0.25, 0.3) is 0 Å². The van der Waals surface area contributed by atoms with Gasteiger partial charge in [0.2, 0.25) is 5.91 Å². The predicted octanol–water partition coefficient (Wildman–Crippen LogP) is 3.61. The van der Waals surface area contributed by atoms with Crippen molar-refractivity contribution >= 4 is 29.4 Å². The van der Waals surface area contributed by atoms with E-state index in [0.29, 0.717) is 18.3 Å². The van der Waals surface area contributed by atoms with Gasteiger partial charge in [-0.1, -0.05) is 13.8 Å². The van der Waals surface area contributed by atoms with E-state index in [4.69, 9.17) is 5.73 Å². The van der Waals surface area contributed by atoms with Crippen molar-refractivity contribution in [2.75, 3.05) is 18.4 Å². The third kappa shape index (κ3) is 4.90. The summed E-state index contributed by atoms with van der Waals surface area (Å²) in [5.41, 5.74) is 7.23. The van der Waals surface area contributed by atoms with Crippen LogP contribution in [0.1, 0.15) is 38.7 Å². The van der Waals surface area contributed by atoms with Gasteiger partial charge in [-0.2, -0.15) is 0 Å². The van der Waals surface area contributed by atoms with E-state index in [9.17, 15) is 9.59 Å². The van der Waals surface area contributed by atoms with E-state index in [-0.39, 0.29) is 17.9 Å². The molecule has 0 spiro atoms. The van der Waals surface area contributed by atoms with Crippen LogP contribution in [0.4, 0.5) is 10.5 Å². The molecule has 2 rings (SSSR count). The van der Waals surface area contributed by atoms with Gasteiger partial charge in [0.15, 0.2) is 0 Å². The van der Waals surface area contributed by atoms with Crippen LogP contribution in [0.5, 0.6) is 0 Å².